The second-order valence-corrected chi connectivity index (χ2v) is 11.1. The summed E-state index contributed by atoms with van der Waals surface area (Å²) in [6, 6.07) is 0. The van der Waals surface area contributed by atoms with Gasteiger partial charge in [-0.25, -0.2) is 0 Å². The molecule has 6 fully saturated rings. The monoisotopic (exact) mass is 338 g/mol. The van der Waals surface area contributed by atoms with Crippen molar-refractivity contribution < 1.29 is 9.47 Å². The molecule has 0 radical (unpaired) electrons. The van der Waals surface area contributed by atoms with Crippen LogP contribution in [0.1, 0.15) is 84.0 Å². The van der Waals surface area contributed by atoms with Gasteiger partial charge in [0.2, 0.25) is 0 Å². The first kappa shape index (κ1) is 13.8. The fourth-order valence-corrected chi connectivity index (χ4v) is 10.8. The molecule has 0 aromatic heterocycles. The lowest BCUT2D eigenvalue weighted by Gasteiger charge is -2.41. The fourth-order valence-electron chi connectivity index (χ4n) is 10.8. The van der Waals surface area contributed by atoms with Crippen molar-refractivity contribution in [1.82, 2.24) is 0 Å². The summed E-state index contributed by atoms with van der Waals surface area (Å²) in [7, 11) is 0. The zero-order valence-corrected chi connectivity index (χ0v) is 15.5. The van der Waals surface area contributed by atoms with Gasteiger partial charge < -0.3 is 9.47 Å². The number of epoxide rings is 2. The van der Waals surface area contributed by atoms with Gasteiger partial charge in [-0.2, -0.15) is 0 Å². The van der Waals surface area contributed by atoms with Gasteiger partial charge in [0.05, 0.1) is 0 Å². The first-order valence-corrected chi connectivity index (χ1v) is 11.3. The molecule has 2 heterocycles. The number of hydrogen-bond donors (Lipinski definition) is 0. The highest BCUT2D eigenvalue weighted by molar-refractivity contribution is 5.57. The van der Waals surface area contributed by atoms with Crippen molar-refractivity contribution >= 4 is 0 Å². The minimum Gasteiger partial charge on any atom is -0.361 e. The van der Waals surface area contributed by atoms with Gasteiger partial charge in [0, 0.05) is 17.8 Å². The first-order chi connectivity index (χ1) is 12.2. The molecule has 25 heavy (non-hydrogen) atoms. The van der Waals surface area contributed by atoms with Crippen molar-refractivity contribution in [1.29, 1.82) is 0 Å². The van der Waals surface area contributed by atoms with Crippen molar-refractivity contribution in [2.24, 2.45) is 23.2 Å². The molecule has 134 valence electrons. The van der Waals surface area contributed by atoms with Crippen LogP contribution in [0, 0.1) is 23.2 Å². The van der Waals surface area contributed by atoms with Crippen LogP contribution in [0.5, 0.6) is 0 Å². The largest absolute Gasteiger partial charge is 0.361 e. The van der Waals surface area contributed by atoms with Crippen molar-refractivity contribution in [2.45, 2.75) is 106 Å². The van der Waals surface area contributed by atoms with E-state index >= 15 is 0 Å². The quantitative estimate of drug-likeness (QED) is 0.463. The van der Waals surface area contributed by atoms with Gasteiger partial charge in [0.15, 0.2) is 0 Å². The van der Waals surface area contributed by atoms with Crippen LogP contribution in [0.2, 0.25) is 0 Å². The Morgan fingerprint density at radius 3 is 1.56 bits per heavy atom. The van der Waals surface area contributed by atoms with Gasteiger partial charge in [-0.05, 0) is 56.8 Å². The maximum absolute atomic E-state index is 6.97. The molecule has 8 rings (SSSR count). The second kappa shape index (κ2) is 3.53. The van der Waals surface area contributed by atoms with Crippen LogP contribution in [-0.4, -0.2) is 22.4 Å². The summed E-state index contributed by atoms with van der Waals surface area (Å²) in [6.45, 7) is 2.72. The zero-order chi connectivity index (χ0) is 16.3. The Morgan fingerprint density at radius 1 is 0.640 bits per heavy atom. The van der Waals surface area contributed by atoms with E-state index in [1.54, 1.807) is 0 Å². The second-order valence-electron chi connectivity index (χ2n) is 11.1. The Labute approximate surface area is 150 Å². The van der Waals surface area contributed by atoms with Crippen LogP contribution in [-0.2, 0) is 9.47 Å². The van der Waals surface area contributed by atoms with Crippen LogP contribution in [0.25, 0.3) is 0 Å². The van der Waals surface area contributed by atoms with E-state index in [9.17, 15) is 0 Å². The zero-order valence-electron chi connectivity index (χ0n) is 15.5. The van der Waals surface area contributed by atoms with Crippen LogP contribution in [0.15, 0.2) is 11.1 Å². The molecule has 2 nitrogen and oxygen atoms in total. The van der Waals surface area contributed by atoms with Gasteiger partial charge in [-0.1, -0.05) is 43.8 Å². The SMILES string of the molecule is CC12C3[C@@]45CCCC[C@@]4(O5)C1C1=C(CCCC1)C2[C@]12CCCC[C@]31O2. The topological polar surface area (TPSA) is 25.1 Å². The molecule has 0 bridgehead atoms. The maximum Gasteiger partial charge on any atom is 0.105 e. The predicted octanol–water partition coefficient (Wildman–Crippen LogP) is 4.92. The van der Waals surface area contributed by atoms with E-state index in [2.05, 4.69) is 6.92 Å². The summed E-state index contributed by atoms with van der Waals surface area (Å²) in [5.74, 6) is 2.22. The molecule has 0 N–H and O–H groups in total. The maximum atomic E-state index is 6.97. The van der Waals surface area contributed by atoms with Crippen molar-refractivity contribution in [3.63, 3.8) is 0 Å². The third-order valence-corrected chi connectivity index (χ3v) is 10.8. The summed E-state index contributed by atoms with van der Waals surface area (Å²) < 4.78 is 13.9. The number of rotatable bonds is 0. The Balaban J connectivity index is 1.45. The van der Waals surface area contributed by atoms with E-state index < -0.39 is 0 Å². The average Bonchev–Trinajstić information content (AvgIpc) is 3.39. The molecule has 0 spiro atoms. The molecular formula is C23H30O2. The van der Waals surface area contributed by atoms with E-state index in [-0.39, 0.29) is 22.4 Å². The van der Waals surface area contributed by atoms with E-state index in [1.807, 2.05) is 11.1 Å². The fraction of sp³-hybridized carbons (Fsp3) is 0.913. The van der Waals surface area contributed by atoms with Gasteiger partial charge in [-0.15, -0.1) is 0 Å². The Hall–Kier alpha value is -0.340. The first-order valence-electron chi connectivity index (χ1n) is 11.3. The molecule has 2 aliphatic heterocycles. The lowest BCUT2D eigenvalue weighted by molar-refractivity contribution is -0.0478. The molecule has 8 aliphatic rings. The molecule has 2 saturated heterocycles. The average molecular weight is 338 g/mol. The van der Waals surface area contributed by atoms with Crippen LogP contribution in [0.4, 0.5) is 0 Å². The van der Waals surface area contributed by atoms with E-state index in [1.165, 1.54) is 77.0 Å². The minimum atomic E-state index is 0.217. The predicted molar refractivity (Wildman–Crippen MR) is 94.1 cm³/mol. The molecule has 0 aromatic rings. The summed E-state index contributed by atoms with van der Waals surface area (Å²) in [5.41, 5.74) is 5.18. The van der Waals surface area contributed by atoms with Gasteiger partial charge >= 0.3 is 0 Å². The summed E-state index contributed by atoms with van der Waals surface area (Å²) >= 11 is 0. The van der Waals surface area contributed by atoms with E-state index in [4.69, 9.17) is 9.47 Å². The molecule has 0 aromatic carbocycles. The lowest BCUT2D eigenvalue weighted by atomic mass is 9.67. The highest BCUT2D eigenvalue weighted by atomic mass is 16.7. The molecular weight excluding hydrogens is 308 g/mol. The summed E-state index contributed by atoms with van der Waals surface area (Å²) in [4.78, 5) is 0. The van der Waals surface area contributed by atoms with Crippen LogP contribution >= 0.6 is 0 Å². The van der Waals surface area contributed by atoms with Crippen LogP contribution in [0.3, 0.4) is 0 Å². The minimum absolute atomic E-state index is 0.217. The van der Waals surface area contributed by atoms with Gasteiger partial charge in [0.1, 0.15) is 22.4 Å². The lowest BCUT2D eigenvalue weighted by Crippen LogP contribution is -2.43. The Morgan fingerprint density at radius 2 is 1.08 bits per heavy atom. The van der Waals surface area contributed by atoms with E-state index in [0.29, 0.717) is 11.3 Å². The van der Waals surface area contributed by atoms with Crippen molar-refractivity contribution in [3.05, 3.63) is 11.1 Å². The molecule has 6 aliphatic carbocycles. The van der Waals surface area contributed by atoms with Crippen molar-refractivity contribution in [2.75, 3.05) is 0 Å². The number of ether oxygens (including phenoxy) is 2. The third-order valence-electron chi connectivity index (χ3n) is 10.8. The highest BCUT2D eigenvalue weighted by Gasteiger charge is 3.01. The third kappa shape index (κ3) is 1.01. The highest BCUT2D eigenvalue weighted by Crippen LogP contribution is 2.94. The molecule has 2 unspecified atom stereocenters. The Bertz CT molecular complexity index is 710. The van der Waals surface area contributed by atoms with E-state index in [0.717, 1.165) is 11.8 Å². The van der Waals surface area contributed by atoms with Crippen molar-refractivity contribution in [3.8, 4) is 0 Å². The van der Waals surface area contributed by atoms with Gasteiger partial charge in [0.25, 0.3) is 0 Å². The standard InChI is InChI=1S/C23H30O2/c1-19-16-14-8-2-3-9-15(14)17(19)21-11-5-7-13-23(21,25-21)18(19)22-12-6-4-10-20(16,22)24-22/h16-18H,2-13H2,1H3/t16?,17?,18?,19?,20-,21-,22+,23+/m1/s1. The number of hydrogen-bond acceptors (Lipinski definition) is 2. The smallest absolute Gasteiger partial charge is 0.105 e. The summed E-state index contributed by atoms with van der Waals surface area (Å²) in [5, 5.41) is 0. The van der Waals surface area contributed by atoms with Gasteiger partial charge in [-0.3, -0.25) is 0 Å². The molecule has 0 amide bonds. The molecule has 4 saturated carbocycles. The molecule has 6 atom stereocenters. The normalized spacial score (nSPS) is 67.8. The number of fused-ring (bicyclic) bond motifs is 2. The molecule has 2 heteroatoms. The summed E-state index contributed by atoms with van der Waals surface area (Å²) in [6.07, 6.45) is 16.5. The van der Waals surface area contributed by atoms with Crippen LogP contribution < -0.4 is 0 Å². The Kier molecular flexibility index (Phi) is 1.94.